The first-order valence-corrected chi connectivity index (χ1v) is 12.7. The van der Waals surface area contributed by atoms with Crippen LogP contribution in [0.5, 0.6) is 0 Å². The summed E-state index contributed by atoms with van der Waals surface area (Å²) in [6.07, 6.45) is 2.92. The Labute approximate surface area is 151 Å². The molecule has 0 saturated heterocycles. The second-order valence-electron chi connectivity index (χ2n) is 7.02. The molecule has 132 valence electrons. The molecule has 9 heteroatoms. The summed E-state index contributed by atoms with van der Waals surface area (Å²) in [6.45, 7) is 9.36. The van der Waals surface area contributed by atoms with E-state index in [1.54, 1.807) is 0 Å². The first-order valence-electron chi connectivity index (χ1n) is 8.20. The van der Waals surface area contributed by atoms with Crippen molar-refractivity contribution in [3.8, 4) is 11.3 Å². The number of hydrogen-bond acceptors (Lipinski definition) is 5. The van der Waals surface area contributed by atoms with Crippen LogP contribution in [0.15, 0.2) is 24.4 Å². The Balaban J connectivity index is 1.92. The smallest absolute Gasteiger partial charge is 0.321 e. The fourth-order valence-corrected chi connectivity index (χ4v) is 4.60. The number of aromatic nitrogens is 4. The van der Waals surface area contributed by atoms with Gasteiger partial charge in [0.15, 0.2) is 5.13 Å². The van der Waals surface area contributed by atoms with E-state index in [1.165, 1.54) is 11.3 Å². The van der Waals surface area contributed by atoms with Crippen LogP contribution in [-0.2, 0) is 6.17 Å². The number of nitrogens with one attached hydrogen (secondary N) is 2. The predicted molar refractivity (Wildman–Crippen MR) is 105 cm³/mol. The molecule has 7 nitrogen and oxygen atoms in total. The molecule has 0 aliphatic carbocycles. The average Bonchev–Trinajstić information content (AvgIpc) is 3.11. The number of nitrogens with zero attached hydrogens (tertiary/aromatic N) is 4. The van der Waals surface area contributed by atoms with Gasteiger partial charge in [0, 0.05) is 18.3 Å². The number of anilines is 1. The monoisotopic (exact) mass is 374 g/mol. The first kappa shape index (κ1) is 17.6. The molecule has 0 spiro atoms. The molecule has 2 N–H and O–H groups in total. The van der Waals surface area contributed by atoms with Gasteiger partial charge in [0.05, 0.1) is 24.5 Å². The van der Waals surface area contributed by atoms with Crippen molar-refractivity contribution in [3.63, 3.8) is 0 Å². The van der Waals surface area contributed by atoms with E-state index >= 15 is 0 Å². The SMILES string of the molecule is CCNC(=O)Nc1nc2cccc(-c3cn(C[Si](C)(C)C)nn3)c2s1. The maximum atomic E-state index is 11.7. The molecule has 0 atom stereocenters. The van der Waals surface area contributed by atoms with Crippen molar-refractivity contribution >= 4 is 40.8 Å². The third-order valence-corrected chi connectivity index (χ3v) is 5.72. The molecular formula is C16H22N6OSSi. The topological polar surface area (TPSA) is 84.7 Å². The van der Waals surface area contributed by atoms with Gasteiger partial charge >= 0.3 is 6.03 Å². The molecular weight excluding hydrogens is 352 g/mol. The third kappa shape index (κ3) is 4.23. The van der Waals surface area contributed by atoms with Crippen LogP contribution in [-0.4, -0.2) is 40.6 Å². The van der Waals surface area contributed by atoms with Crippen molar-refractivity contribution < 1.29 is 4.79 Å². The zero-order valence-electron chi connectivity index (χ0n) is 14.8. The summed E-state index contributed by atoms with van der Waals surface area (Å²) < 4.78 is 2.92. The Morgan fingerprint density at radius 3 is 2.84 bits per heavy atom. The van der Waals surface area contributed by atoms with Gasteiger partial charge in [-0.15, -0.1) is 5.10 Å². The number of fused-ring (bicyclic) bond motifs is 1. The molecule has 1 aromatic carbocycles. The maximum Gasteiger partial charge on any atom is 0.321 e. The average molecular weight is 375 g/mol. The molecule has 0 bridgehead atoms. The van der Waals surface area contributed by atoms with E-state index in [-0.39, 0.29) is 6.03 Å². The first-order chi connectivity index (χ1) is 11.9. The molecule has 0 aliphatic rings. The summed E-state index contributed by atoms with van der Waals surface area (Å²) in [5, 5.41) is 14.7. The number of hydrogen-bond donors (Lipinski definition) is 2. The van der Waals surface area contributed by atoms with Crippen LogP contribution < -0.4 is 10.6 Å². The number of benzene rings is 1. The molecule has 0 radical (unpaired) electrons. The standard InChI is InChI=1S/C16H22N6OSSi/c1-5-17-15(23)19-16-18-12-8-6-7-11(14(12)24-16)13-9-22(21-20-13)10-25(2,3)4/h6-9H,5,10H2,1-4H3,(H2,17,18,19,23). The van der Waals surface area contributed by atoms with Gasteiger partial charge < -0.3 is 5.32 Å². The number of urea groups is 1. The van der Waals surface area contributed by atoms with Crippen LogP contribution in [0.1, 0.15) is 6.92 Å². The molecule has 25 heavy (non-hydrogen) atoms. The zero-order chi connectivity index (χ0) is 18.0. The fourth-order valence-electron chi connectivity index (χ4n) is 2.49. The van der Waals surface area contributed by atoms with Crippen molar-refractivity contribution in [2.45, 2.75) is 32.7 Å². The number of amides is 2. The Kier molecular flexibility index (Phi) is 4.86. The van der Waals surface area contributed by atoms with E-state index in [0.717, 1.165) is 27.6 Å². The van der Waals surface area contributed by atoms with E-state index < -0.39 is 8.07 Å². The van der Waals surface area contributed by atoms with Crippen LogP contribution in [0.2, 0.25) is 19.6 Å². The van der Waals surface area contributed by atoms with Gasteiger partial charge in [0.25, 0.3) is 0 Å². The van der Waals surface area contributed by atoms with Gasteiger partial charge in [-0.25, -0.2) is 9.78 Å². The summed E-state index contributed by atoms with van der Waals surface area (Å²) >= 11 is 1.44. The highest BCUT2D eigenvalue weighted by molar-refractivity contribution is 7.22. The number of carbonyl (C=O) groups excluding carboxylic acids is 1. The van der Waals surface area contributed by atoms with Crippen molar-refractivity contribution in [2.75, 3.05) is 11.9 Å². The minimum atomic E-state index is -1.27. The van der Waals surface area contributed by atoms with Gasteiger partial charge in [-0.1, -0.05) is 48.3 Å². The quantitative estimate of drug-likeness (QED) is 0.669. The van der Waals surface area contributed by atoms with Gasteiger partial charge in [-0.3, -0.25) is 10.00 Å². The summed E-state index contributed by atoms with van der Waals surface area (Å²) in [6, 6.07) is 5.65. The van der Waals surface area contributed by atoms with Crippen LogP contribution in [0.4, 0.5) is 9.93 Å². The fraction of sp³-hybridized carbons (Fsp3) is 0.375. The molecule has 0 unspecified atom stereocenters. The summed E-state index contributed by atoms with van der Waals surface area (Å²) in [7, 11) is -1.27. The van der Waals surface area contributed by atoms with Crippen molar-refractivity contribution in [1.82, 2.24) is 25.3 Å². The predicted octanol–water partition coefficient (Wildman–Crippen LogP) is 3.57. The minimum absolute atomic E-state index is 0.246. The number of thiazole rings is 1. The van der Waals surface area contributed by atoms with Gasteiger partial charge in [-0.05, 0) is 13.0 Å². The molecule has 2 aromatic heterocycles. The molecule has 2 heterocycles. The second-order valence-corrected chi connectivity index (χ2v) is 13.5. The van der Waals surface area contributed by atoms with Crippen molar-refractivity contribution in [2.24, 2.45) is 0 Å². The lowest BCUT2D eigenvalue weighted by atomic mass is 10.1. The summed E-state index contributed by atoms with van der Waals surface area (Å²) in [5.74, 6) is 0. The Bertz CT molecular complexity index is 898. The number of rotatable bonds is 5. The van der Waals surface area contributed by atoms with E-state index in [0.29, 0.717) is 11.7 Å². The van der Waals surface area contributed by atoms with Crippen LogP contribution in [0.3, 0.4) is 0 Å². The highest BCUT2D eigenvalue weighted by atomic mass is 32.1. The zero-order valence-corrected chi connectivity index (χ0v) is 16.6. The van der Waals surface area contributed by atoms with Gasteiger partial charge in [-0.2, -0.15) is 0 Å². The lowest BCUT2D eigenvalue weighted by Gasteiger charge is -2.14. The molecule has 0 saturated carbocycles. The van der Waals surface area contributed by atoms with Crippen LogP contribution in [0, 0.1) is 0 Å². The summed E-state index contributed by atoms with van der Waals surface area (Å²) in [5.41, 5.74) is 2.66. The van der Waals surface area contributed by atoms with Crippen molar-refractivity contribution in [3.05, 3.63) is 24.4 Å². The molecule has 3 rings (SSSR count). The summed E-state index contributed by atoms with van der Waals surface area (Å²) in [4.78, 5) is 16.2. The highest BCUT2D eigenvalue weighted by Crippen LogP contribution is 2.34. The Morgan fingerprint density at radius 2 is 2.12 bits per heavy atom. The van der Waals surface area contributed by atoms with E-state index in [9.17, 15) is 4.79 Å². The number of carbonyl (C=O) groups is 1. The molecule has 2 amide bonds. The van der Waals surface area contributed by atoms with Crippen LogP contribution >= 0.6 is 11.3 Å². The lowest BCUT2D eigenvalue weighted by Crippen LogP contribution is -2.28. The minimum Gasteiger partial charge on any atom is -0.338 e. The normalized spacial score (nSPS) is 11.7. The largest absolute Gasteiger partial charge is 0.338 e. The molecule has 3 aromatic rings. The molecule has 0 fully saturated rings. The van der Waals surface area contributed by atoms with Crippen molar-refractivity contribution in [1.29, 1.82) is 0 Å². The van der Waals surface area contributed by atoms with Crippen LogP contribution in [0.25, 0.3) is 21.5 Å². The van der Waals surface area contributed by atoms with E-state index in [4.69, 9.17) is 0 Å². The highest BCUT2D eigenvalue weighted by Gasteiger charge is 2.17. The maximum absolute atomic E-state index is 11.7. The Hall–Kier alpha value is -2.26. The third-order valence-electron chi connectivity index (χ3n) is 3.42. The van der Waals surface area contributed by atoms with Gasteiger partial charge in [0.1, 0.15) is 5.69 Å². The van der Waals surface area contributed by atoms with Gasteiger partial charge in [0.2, 0.25) is 0 Å². The second kappa shape index (κ2) is 6.93. The Morgan fingerprint density at radius 1 is 1.32 bits per heavy atom. The van der Waals surface area contributed by atoms with E-state index in [2.05, 4.69) is 45.6 Å². The lowest BCUT2D eigenvalue weighted by molar-refractivity contribution is 0.252. The molecule has 0 aliphatic heterocycles. The van der Waals surface area contributed by atoms with E-state index in [1.807, 2.05) is 36.0 Å².